The van der Waals surface area contributed by atoms with Gasteiger partial charge in [-0.1, -0.05) is 0 Å². The number of ether oxygens (including phenoxy) is 1. The molecular weight excluding hydrogens is 126 g/mol. The summed E-state index contributed by atoms with van der Waals surface area (Å²) in [6.07, 6.45) is 6.70. The van der Waals surface area contributed by atoms with Gasteiger partial charge in [0.05, 0.1) is 6.10 Å². The standard InChI is InChI=1S/C8H11NO/c1-2-8(10-5-1)7-3-4-9-6-7/h3-4,6,8-9H,1-2,5H2. The van der Waals surface area contributed by atoms with E-state index >= 15 is 0 Å². The van der Waals surface area contributed by atoms with Crippen LogP contribution in [0.4, 0.5) is 0 Å². The maximum absolute atomic E-state index is 5.48. The molecule has 1 atom stereocenters. The van der Waals surface area contributed by atoms with Crippen molar-refractivity contribution in [3.63, 3.8) is 0 Å². The quantitative estimate of drug-likeness (QED) is 0.628. The number of H-pyrrole nitrogens is 1. The van der Waals surface area contributed by atoms with Crippen LogP contribution in [0.5, 0.6) is 0 Å². The Morgan fingerprint density at radius 2 is 2.60 bits per heavy atom. The van der Waals surface area contributed by atoms with Gasteiger partial charge in [0.1, 0.15) is 0 Å². The lowest BCUT2D eigenvalue weighted by atomic mass is 10.1. The monoisotopic (exact) mass is 137 g/mol. The van der Waals surface area contributed by atoms with Gasteiger partial charge in [-0.3, -0.25) is 0 Å². The largest absolute Gasteiger partial charge is 0.373 e. The Hall–Kier alpha value is -0.760. The van der Waals surface area contributed by atoms with Gasteiger partial charge in [0, 0.05) is 19.0 Å². The summed E-state index contributed by atoms with van der Waals surface area (Å²) in [6, 6.07) is 2.08. The Bertz CT molecular complexity index is 187. The molecule has 1 unspecified atom stereocenters. The van der Waals surface area contributed by atoms with Gasteiger partial charge in [-0.15, -0.1) is 0 Å². The first-order valence-electron chi connectivity index (χ1n) is 3.71. The van der Waals surface area contributed by atoms with Crippen molar-refractivity contribution in [1.29, 1.82) is 0 Å². The summed E-state index contributed by atoms with van der Waals surface area (Å²) in [5.41, 5.74) is 1.29. The minimum atomic E-state index is 0.367. The van der Waals surface area contributed by atoms with Crippen molar-refractivity contribution in [2.45, 2.75) is 18.9 Å². The lowest BCUT2D eigenvalue weighted by Crippen LogP contribution is -1.92. The zero-order chi connectivity index (χ0) is 6.81. The van der Waals surface area contributed by atoms with Crippen molar-refractivity contribution in [2.24, 2.45) is 0 Å². The van der Waals surface area contributed by atoms with Gasteiger partial charge in [0.25, 0.3) is 0 Å². The minimum absolute atomic E-state index is 0.367. The van der Waals surface area contributed by atoms with E-state index in [2.05, 4.69) is 11.1 Å². The molecule has 0 bridgehead atoms. The van der Waals surface area contributed by atoms with Crippen molar-refractivity contribution in [3.05, 3.63) is 24.0 Å². The molecule has 0 amide bonds. The first-order chi connectivity index (χ1) is 4.97. The fourth-order valence-electron chi connectivity index (χ4n) is 1.38. The highest BCUT2D eigenvalue weighted by Crippen LogP contribution is 2.27. The van der Waals surface area contributed by atoms with Crippen molar-refractivity contribution in [1.82, 2.24) is 4.98 Å². The Labute approximate surface area is 60.2 Å². The third-order valence-electron chi connectivity index (χ3n) is 1.92. The summed E-state index contributed by atoms with van der Waals surface area (Å²) in [7, 11) is 0. The number of hydrogen-bond acceptors (Lipinski definition) is 1. The van der Waals surface area contributed by atoms with Crippen LogP contribution in [-0.4, -0.2) is 11.6 Å². The number of hydrogen-bond donors (Lipinski definition) is 1. The molecule has 54 valence electrons. The molecule has 1 aromatic rings. The number of aromatic nitrogens is 1. The maximum Gasteiger partial charge on any atom is 0.0840 e. The topological polar surface area (TPSA) is 25.0 Å². The molecule has 1 aromatic heterocycles. The predicted octanol–water partition coefficient (Wildman–Crippen LogP) is 1.87. The summed E-state index contributed by atoms with van der Waals surface area (Å²) in [5.74, 6) is 0. The zero-order valence-corrected chi connectivity index (χ0v) is 5.84. The van der Waals surface area contributed by atoms with E-state index in [1.165, 1.54) is 18.4 Å². The number of aromatic amines is 1. The van der Waals surface area contributed by atoms with Crippen molar-refractivity contribution in [2.75, 3.05) is 6.61 Å². The van der Waals surface area contributed by atoms with E-state index in [0.29, 0.717) is 6.10 Å². The molecule has 0 aliphatic carbocycles. The van der Waals surface area contributed by atoms with Crippen LogP contribution in [0.15, 0.2) is 18.5 Å². The van der Waals surface area contributed by atoms with E-state index < -0.39 is 0 Å². The van der Waals surface area contributed by atoms with Crippen LogP contribution in [0.1, 0.15) is 24.5 Å². The summed E-state index contributed by atoms with van der Waals surface area (Å²) in [4.78, 5) is 3.03. The van der Waals surface area contributed by atoms with Gasteiger partial charge in [-0.2, -0.15) is 0 Å². The first kappa shape index (κ1) is 5.98. The Balaban J connectivity index is 2.12. The molecule has 0 aromatic carbocycles. The van der Waals surface area contributed by atoms with Crippen LogP contribution in [0.3, 0.4) is 0 Å². The minimum Gasteiger partial charge on any atom is -0.373 e. The average Bonchev–Trinajstić information content (AvgIpc) is 2.59. The number of nitrogens with one attached hydrogen (secondary N) is 1. The highest BCUT2D eigenvalue weighted by Gasteiger charge is 2.16. The van der Waals surface area contributed by atoms with E-state index in [9.17, 15) is 0 Å². The highest BCUT2D eigenvalue weighted by atomic mass is 16.5. The Morgan fingerprint density at radius 3 is 3.20 bits per heavy atom. The van der Waals surface area contributed by atoms with Crippen LogP contribution >= 0.6 is 0 Å². The molecule has 0 saturated carbocycles. The van der Waals surface area contributed by atoms with E-state index in [1.807, 2.05) is 12.4 Å². The highest BCUT2D eigenvalue weighted by molar-refractivity contribution is 5.12. The number of rotatable bonds is 1. The molecule has 1 aliphatic heterocycles. The molecule has 1 aliphatic rings. The smallest absolute Gasteiger partial charge is 0.0840 e. The fraction of sp³-hybridized carbons (Fsp3) is 0.500. The Kier molecular flexibility index (Phi) is 1.47. The van der Waals surface area contributed by atoms with Crippen LogP contribution in [-0.2, 0) is 4.74 Å². The maximum atomic E-state index is 5.48. The summed E-state index contributed by atoms with van der Waals surface area (Å²) < 4.78 is 5.48. The molecule has 2 heterocycles. The van der Waals surface area contributed by atoms with Gasteiger partial charge in [-0.25, -0.2) is 0 Å². The van der Waals surface area contributed by atoms with Gasteiger partial charge < -0.3 is 9.72 Å². The molecule has 0 radical (unpaired) electrons. The average molecular weight is 137 g/mol. The molecule has 1 saturated heterocycles. The fourth-order valence-corrected chi connectivity index (χ4v) is 1.38. The Morgan fingerprint density at radius 1 is 1.60 bits per heavy atom. The second kappa shape index (κ2) is 2.46. The first-order valence-corrected chi connectivity index (χ1v) is 3.71. The van der Waals surface area contributed by atoms with Crippen molar-refractivity contribution < 1.29 is 4.74 Å². The molecule has 2 rings (SSSR count). The van der Waals surface area contributed by atoms with E-state index in [0.717, 1.165) is 6.61 Å². The summed E-state index contributed by atoms with van der Waals surface area (Å²) >= 11 is 0. The van der Waals surface area contributed by atoms with Gasteiger partial charge in [0.2, 0.25) is 0 Å². The molecular formula is C8H11NO. The second-order valence-electron chi connectivity index (χ2n) is 2.65. The zero-order valence-electron chi connectivity index (χ0n) is 5.84. The molecule has 0 spiro atoms. The van der Waals surface area contributed by atoms with E-state index in [1.54, 1.807) is 0 Å². The van der Waals surface area contributed by atoms with Gasteiger partial charge in [0.15, 0.2) is 0 Å². The predicted molar refractivity (Wildman–Crippen MR) is 38.7 cm³/mol. The van der Waals surface area contributed by atoms with Crippen LogP contribution in [0, 0.1) is 0 Å². The molecule has 1 N–H and O–H groups in total. The third-order valence-corrected chi connectivity index (χ3v) is 1.92. The second-order valence-corrected chi connectivity index (χ2v) is 2.65. The lowest BCUT2D eigenvalue weighted by Gasteiger charge is -2.04. The third kappa shape index (κ3) is 0.948. The SMILES string of the molecule is c1cc(C2CCCO2)c[nH]1. The summed E-state index contributed by atoms with van der Waals surface area (Å²) in [5, 5.41) is 0. The molecule has 1 fully saturated rings. The lowest BCUT2D eigenvalue weighted by molar-refractivity contribution is 0.112. The van der Waals surface area contributed by atoms with E-state index in [-0.39, 0.29) is 0 Å². The van der Waals surface area contributed by atoms with Crippen molar-refractivity contribution >= 4 is 0 Å². The molecule has 2 heteroatoms. The molecule has 2 nitrogen and oxygen atoms in total. The van der Waals surface area contributed by atoms with E-state index in [4.69, 9.17) is 4.74 Å². The molecule has 10 heavy (non-hydrogen) atoms. The van der Waals surface area contributed by atoms with Crippen LogP contribution in [0.2, 0.25) is 0 Å². The normalized spacial score (nSPS) is 25.4. The summed E-state index contributed by atoms with van der Waals surface area (Å²) in [6.45, 7) is 0.926. The van der Waals surface area contributed by atoms with Crippen LogP contribution in [0.25, 0.3) is 0 Å². The van der Waals surface area contributed by atoms with Gasteiger partial charge in [-0.05, 0) is 24.5 Å². The van der Waals surface area contributed by atoms with Gasteiger partial charge >= 0.3 is 0 Å². The van der Waals surface area contributed by atoms with Crippen molar-refractivity contribution in [3.8, 4) is 0 Å². The van der Waals surface area contributed by atoms with Crippen LogP contribution < -0.4 is 0 Å².